The fraction of sp³-hybridized carbons (Fsp3) is 0.438. The minimum Gasteiger partial charge on any atom is -0.381 e. The van der Waals surface area contributed by atoms with Crippen LogP contribution in [0.4, 0.5) is 5.69 Å². The van der Waals surface area contributed by atoms with Gasteiger partial charge in [-0.2, -0.15) is 4.58 Å². The van der Waals surface area contributed by atoms with E-state index < -0.39 is 0 Å². The molecule has 0 radical (unpaired) electrons. The summed E-state index contributed by atoms with van der Waals surface area (Å²) in [6, 6.07) is 10.4. The van der Waals surface area contributed by atoms with Crippen molar-refractivity contribution in [2.45, 2.75) is 92.7 Å². The van der Waals surface area contributed by atoms with Crippen molar-refractivity contribution in [2.24, 2.45) is 4.99 Å². The molecule has 2 unspecified atom stereocenters. The van der Waals surface area contributed by atoms with Crippen LogP contribution in [0.1, 0.15) is 101 Å². The summed E-state index contributed by atoms with van der Waals surface area (Å²) in [6.07, 6.45) is 13.5. The number of hydrogen-bond donors (Lipinski definition) is 2. The number of aryl methyl sites for hydroxylation is 1. The van der Waals surface area contributed by atoms with Gasteiger partial charge in [-0.1, -0.05) is 32.4 Å². The van der Waals surface area contributed by atoms with Crippen LogP contribution in [0, 0.1) is 6.92 Å². The van der Waals surface area contributed by atoms with E-state index in [-0.39, 0.29) is 11.9 Å². The van der Waals surface area contributed by atoms with Crippen molar-refractivity contribution in [3.8, 4) is 0 Å². The molecule has 0 aliphatic carbocycles. The van der Waals surface area contributed by atoms with Crippen molar-refractivity contribution in [1.82, 2.24) is 10.3 Å². The number of aromatic nitrogens is 1. The maximum absolute atomic E-state index is 12.6. The van der Waals surface area contributed by atoms with Crippen molar-refractivity contribution in [3.05, 3.63) is 82.6 Å². The van der Waals surface area contributed by atoms with E-state index in [0.717, 1.165) is 28.2 Å². The molecule has 0 saturated heterocycles. The smallest absolute Gasteiger partial charge is 0.257 e. The minimum absolute atomic E-state index is 0.0525. The Morgan fingerprint density at radius 1 is 1.11 bits per heavy atom. The average Bonchev–Trinajstić information content (AvgIpc) is 2.86. The molecule has 1 aliphatic heterocycles. The first kappa shape index (κ1) is 29.0. The van der Waals surface area contributed by atoms with E-state index in [0.29, 0.717) is 11.6 Å². The van der Waals surface area contributed by atoms with Crippen molar-refractivity contribution in [2.75, 3.05) is 5.32 Å². The van der Waals surface area contributed by atoms with Crippen LogP contribution in [-0.4, -0.2) is 33.4 Å². The SMILES string of the molecule is CCCCC(CCC)[N+]1=CC(=N/C=C(\C)NC(C)c2cccc(NC(=O)c3cncc(C)c3)c2)C1=C(C)C. The number of allylic oxidation sites excluding steroid dienone is 3. The molecule has 6 heteroatoms. The highest BCUT2D eigenvalue weighted by Gasteiger charge is 2.37. The normalized spacial score (nSPS) is 16.0. The first-order valence-corrected chi connectivity index (χ1v) is 13.9. The highest BCUT2D eigenvalue weighted by molar-refractivity contribution is 6.40. The predicted octanol–water partition coefficient (Wildman–Crippen LogP) is 7.34. The van der Waals surface area contributed by atoms with Crippen LogP contribution in [0.15, 0.2) is 70.9 Å². The average molecular weight is 515 g/mol. The van der Waals surface area contributed by atoms with E-state index in [2.05, 4.69) is 67.1 Å². The molecule has 6 nitrogen and oxygen atoms in total. The number of hydrogen-bond acceptors (Lipinski definition) is 4. The third kappa shape index (κ3) is 7.73. The zero-order valence-corrected chi connectivity index (χ0v) is 24.1. The molecular formula is C32H44N5O+. The molecular weight excluding hydrogens is 470 g/mol. The number of benzene rings is 1. The van der Waals surface area contributed by atoms with E-state index in [1.54, 1.807) is 12.4 Å². The standard InChI is InChI=1S/C32H43N5O/c1-8-10-15-29(12-9-2)37-21-30(31(37)22(3)4)34-19-24(6)35-25(7)26-13-11-14-28(17-26)36-32(38)27-16-23(5)18-33-20-27/h11,13-14,16-21,25,29H,8-10,12,15H2,1-7H3,(H,36,38)/p+1. The highest BCUT2D eigenvalue weighted by Crippen LogP contribution is 2.24. The van der Waals surface area contributed by atoms with Gasteiger partial charge in [-0.3, -0.25) is 9.78 Å². The lowest BCUT2D eigenvalue weighted by Crippen LogP contribution is -2.41. The summed E-state index contributed by atoms with van der Waals surface area (Å²) >= 11 is 0. The molecule has 0 saturated carbocycles. The van der Waals surface area contributed by atoms with Gasteiger partial charge in [-0.25, -0.2) is 4.99 Å². The minimum atomic E-state index is -0.164. The Labute approximate surface area is 228 Å². The van der Waals surface area contributed by atoms with Gasteiger partial charge in [0.1, 0.15) is 0 Å². The number of rotatable bonds is 12. The zero-order valence-electron chi connectivity index (χ0n) is 24.1. The molecule has 1 amide bonds. The first-order chi connectivity index (χ1) is 18.2. The summed E-state index contributed by atoms with van der Waals surface area (Å²) in [7, 11) is 0. The Kier molecular flexibility index (Phi) is 10.6. The predicted molar refractivity (Wildman–Crippen MR) is 159 cm³/mol. The van der Waals surface area contributed by atoms with Gasteiger partial charge in [-0.15, -0.1) is 0 Å². The maximum Gasteiger partial charge on any atom is 0.257 e. The second-order valence-electron chi connectivity index (χ2n) is 10.5. The Balaban J connectivity index is 1.68. The molecule has 2 aromatic rings. The summed E-state index contributed by atoms with van der Waals surface area (Å²) < 4.78 is 2.44. The number of carbonyl (C=O) groups excluding carboxylic acids is 1. The molecule has 0 bridgehead atoms. The van der Waals surface area contributed by atoms with E-state index >= 15 is 0 Å². The largest absolute Gasteiger partial charge is 0.381 e. The molecule has 38 heavy (non-hydrogen) atoms. The molecule has 3 rings (SSSR count). The zero-order chi connectivity index (χ0) is 27.7. The van der Waals surface area contributed by atoms with E-state index in [4.69, 9.17) is 4.99 Å². The second-order valence-corrected chi connectivity index (χ2v) is 10.5. The highest BCUT2D eigenvalue weighted by atomic mass is 16.1. The van der Waals surface area contributed by atoms with E-state index in [9.17, 15) is 4.79 Å². The number of anilines is 1. The lowest BCUT2D eigenvalue weighted by atomic mass is 9.98. The summed E-state index contributed by atoms with van der Waals surface area (Å²) in [4.78, 5) is 21.6. The van der Waals surface area contributed by atoms with E-state index in [1.165, 1.54) is 43.4 Å². The van der Waals surface area contributed by atoms with Crippen LogP contribution >= 0.6 is 0 Å². The number of carbonyl (C=O) groups is 1. The van der Waals surface area contributed by atoms with Gasteiger partial charge in [0.05, 0.1) is 5.56 Å². The third-order valence-electron chi connectivity index (χ3n) is 6.77. The monoisotopic (exact) mass is 514 g/mol. The van der Waals surface area contributed by atoms with Crippen LogP contribution in [0.5, 0.6) is 0 Å². The Morgan fingerprint density at radius 2 is 1.89 bits per heavy atom. The molecule has 0 spiro atoms. The van der Waals surface area contributed by atoms with Crippen molar-refractivity contribution >= 4 is 23.5 Å². The molecule has 1 aliphatic rings. The van der Waals surface area contributed by atoms with Gasteiger partial charge in [0.15, 0.2) is 11.8 Å². The summed E-state index contributed by atoms with van der Waals surface area (Å²) in [6.45, 7) is 14.9. The first-order valence-electron chi connectivity index (χ1n) is 13.9. The van der Waals surface area contributed by atoms with Crippen LogP contribution in [0.3, 0.4) is 0 Å². The Hall–Kier alpha value is -3.54. The van der Waals surface area contributed by atoms with Gasteiger partial charge in [0.25, 0.3) is 5.91 Å². The summed E-state index contributed by atoms with van der Waals surface area (Å²) in [5.41, 5.74) is 7.94. The van der Waals surface area contributed by atoms with Crippen molar-refractivity contribution < 1.29 is 9.37 Å². The molecule has 2 atom stereocenters. The van der Waals surface area contributed by atoms with Gasteiger partial charge in [0, 0.05) is 48.9 Å². The number of aliphatic imine (C=N–C) groups is 1. The lowest BCUT2D eigenvalue weighted by molar-refractivity contribution is -0.518. The fourth-order valence-corrected chi connectivity index (χ4v) is 4.81. The van der Waals surface area contributed by atoms with Gasteiger partial charge < -0.3 is 10.6 Å². The van der Waals surface area contributed by atoms with Crippen molar-refractivity contribution in [3.63, 3.8) is 0 Å². The number of amides is 1. The number of unbranched alkanes of at least 4 members (excludes halogenated alkanes) is 1. The molecule has 2 N–H and O–H groups in total. The molecule has 1 aromatic carbocycles. The van der Waals surface area contributed by atoms with Crippen molar-refractivity contribution in [1.29, 1.82) is 0 Å². The Bertz CT molecular complexity index is 1250. The second kappa shape index (κ2) is 13.8. The topological polar surface area (TPSA) is 69.4 Å². The van der Waals surface area contributed by atoms with E-state index in [1.807, 2.05) is 44.3 Å². The maximum atomic E-state index is 12.6. The van der Waals surface area contributed by atoms with Crippen LogP contribution in [0.2, 0.25) is 0 Å². The fourth-order valence-electron chi connectivity index (χ4n) is 4.81. The van der Waals surface area contributed by atoms with Crippen LogP contribution < -0.4 is 10.6 Å². The number of nitrogens with zero attached hydrogens (tertiary/aromatic N) is 3. The Morgan fingerprint density at radius 3 is 2.58 bits per heavy atom. The van der Waals surface area contributed by atoms with Gasteiger partial charge in [0.2, 0.25) is 11.9 Å². The van der Waals surface area contributed by atoms with Gasteiger partial charge in [-0.05, 0) is 82.4 Å². The molecule has 1 aromatic heterocycles. The van der Waals surface area contributed by atoms with Crippen LogP contribution in [0.25, 0.3) is 0 Å². The summed E-state index contributed by atoms with van der Waals surface area (Å²) in [5.74, 6) is -0.164. The molecule has 202 valence electrons. The van der Waals surface area contributed by atoms with Crippen LogP contribution in [-0.2, 0) is 0 Å². The third-order valence-corrected chi connectivity index (χ3v) is 6.77. The lowest BCUT2D eigenvalue weighted by Gasteiger charge is -2.23. The molecule has 2 heterocycles. The number of nitrogens with one attached hydrogen (secondary N) is 2. The number of pyridine rings is 1. The quantitative estimate of drug-likeness (QED) is 0.291. The van der Waals surface area contributed by atoms with Gasteiger partial charge >= 0.3 is 0 Å². The summed E-state index contributed by atoms with van der Waals surface area (Å²) in [5, 5.41) is 6.52. The molecule has 0 fully saturated rings.